The Bertz CT molecular complexity index is 896. The molecule has 0 radical (unpaired) electrons. The second kappa shape index (κ2) is 8.80. The van der Waals surface area contributed by atoms with Crippen molar-refractivity contribution in [2.75, 3.05) is 44.9 Å². The Hall–Kier alpha value is -2.63. The largest absolute Gasteiger partial charge is 0.383 e. The van der Waals surface area contributed by atoms with E-state index in [1.165, 1.54) is 0 Å². The number of pyridine rings is 1. The monoisotopic (exact) mass is 396 g/mol. The molecule has 0 bridgehead atoms. The van der Waals surface area contributed by atoms with Gasteiger partial charge in [0.25, 0.3) is 5.91 Å². The molecule has 1 aliphatic heterocycles. The molecular formula is C21H28N6O2. The van der Waals surface area contributed by atoms with Crippen LogP contribution < -0.4 is 10.2 Å². The van der Waals surface area contributed by atoms with E-state index < -0.39 is 0 Å². The van der Waals surface area contributed by atoms with Gasteiger partial charge in [0.15, 0.2) is 0 Å². The molecule has 1 fully saturated rings. The van der Waals surface area contributed by atoms with E-state index >= 15 is 0 Å². The average molecular weight is 396 g/mol. The molecule has 8 nitrogen and oxygen atoms in total. The molecule has 8 heteroatoms. The fraction of sp³-hybridized carbons (Fsp3) is 0.571. The van der Waals surface area contributed by atoms with E-state index in [0.29, 0.717) is 43.9 Å². The highest BCUT2D eigenvalue weighted by atomic mass is 16.5. The lowest BCUT2D eigenvalue weighted by Crippen LogP contribution is -2.52. The van der Waals surface area contributed by atoms with Crippen molar-refractivity contribution in [3.05, 3.63) is 24.0 Å². The minimum absolute atomic E-state index is 0.0262. The maximum absolute atomic E-state index is 13.1. The summed E-state index contributed by atoms with van der Waals surface area (Å²) in [6.07, 6.45) is 8.01. The van der Waals surface area contributed by atoms with Crippen LogP contribution in [0.1, 0.15) is 36.0 Å². The normalized spacial score (nSPS) is 22.0. The maximum atomic E-state index is 13.1. The Kier molecular flexibility index (Phi) is 5.97. The van der Waals surface area contributed by atoms with Crippen molar-refractivity contribution in [3.63, 3.8) is 0 Å². The van der Waals surface area contributed by atoms with Crippen LogP contribution in [0.2, 0.25) is 0 Å². The molecule has 0 aromatic carbocycles. The Balaban J connectivity index is 1.57. The van der Waals surface area contributed by atoms with Crippen molar-refractivity contribution in [1.82, 2.24) is 20.2 Å². The summed E-state index contributed by atoms with van der Waals surface area (Å²) < 4.78 is 5.22. The van der Waals surface area contributed by atoms with Crippen LogP contribution in [-0.4, -0.2) is 66.8 Å². The van der Waals surface area contributed by atoms with E-state index in [1.54, 1.807) is 13.3 Å². The van der Waals surface area contributed by atoms with Gasteiger partial charge >= 0.3 is 0 Å². The van der Waals surface area contributed by atoms with Crippen molar-refractivity contribution in [1.29, 1.82) is 5.26 Å². The number of carbonyl (C=O) groups excluding carboxylic acids is 1. The van der Waals surface area contributed by atoms with Crippen molar-refractivity contribution in [3.8, 4) is 6.07 Å². The number of amides is 1. The van der Waals surface area contributed by atoms with Crippen molar-refractivity contribution in [2.45, 2.75) is 31.7 Å². The topological polar surface area (TPSA) is 97.3 Å². The number of nitriles is 1. The number of fused-ring (bicyclic) bond motifs is 3. The van der Waals surface area contributed by atoms with Gasteiger partial charge < -0.3 is 24.8 Å². The third-order valence-corrected chi connectivity index (χ3v) is 6.15. The quantitative estimate of drug-likeness (QED) is 0.549. The van der Waals surface area contributed by atoms with Gasteiger partial charge in [-0.3, -0.25) is 4.79 Å². The Morgan fingerprint density at radius 1 is 1.38 bits per heavy atom. The third kappa shape index (κ3) is 3.93. The van der Waals surface area contributed by atoms with Crippen LogP contribution in [0.4, 0.5) is 5.69 Å². The van der Waals surface area contributed by atoms with Gasteiger partial charge in [-0.25, -0.2) is 4.98 Å². The molecule has 2 N–H and O–H groups in total. The summed E-state index contributed by atoms with van der Waals surface area (Å²) in [6.45, 7) is 2.99. The first-order chi connectivity index (χ1) is 14.2. The molecule has 1 amide bonds. The van der Waals surface area contributed by atoms with Crippen LogP contribution in [-0.2, 0) is 4.74 Å². The number of nitrogens with zero attached hydrogens (tertiary/aromatic N) is 4. The van der Waals surface area contributed by atoms with E-state index in [0.717, 1.165) is 48.9 Å². The van der Waals surface area contributed by atoms with E-state index in [2.05, 4.69) is 26.3 Å². The van der Waals surface area contributed by atoms with Crippen molar-refractivity contribution >= 4 is 22.6 Å². The highest BCUT2D eigenvalue weighted by Crippen LogP contribution is 2.38. The van der Waals surface area contributed by atoms with Gasteiger partial charge in [0.2, 0.25) is 0 Å². The third-order valence-electron chi connectivity index (χ3n) is 6.15. The van der Waals surface area contributed by atoms with E-state index in [1.807, 2.05) is 17.2 Å². The standard InChI is InChI=1S/C21H28N6O2/c1-29-11-10-26-14-27(16-4-2-15(3-5-16)12-23-9-7-22)19-17-6-8-24-20(17)25-13-18(19)21(26)28/h6,8,13,15-16,23H,2-5,9-12,14H2,1H3,(H,24,25). The smallest absolute Gasteiger partial charge is 0.259 e. The number of hydrogen-bond donors (Lipinski definition) is 2. The minimum atomic E-state index is 0.0262. The molecule has 1 aliphatic carbocycles. The van der Waals surface area contributed by atoms with Gasteiger partial charge in [-0.15, -0.1) is 0 Å². The van der Waals surface area contributed by atoms with Crippen LogP contribution in [0.25, 0.3) is 11.0 Å². The van der Waals surface area contributed by atoms with Crippen LogP contribution in [0.15, 0.2) is 18.5 Å². The molecular weight excluding hydrogens is 368 g/mol. The summed E-state index contributed by atoms with van der Waals surface area (Å²) >= 11 is 0. The lowest BCUT2D eigenvalue weighted by molar-refractivity contribution is 0.0669. The first-order valence-electron chi connectivity index (χ1n) is 10.3. The van der Waals surface area contributed by atoms with Crippen LogP contribution >= 0.6 is 0 Å². The second-order valence-corrected chi connectivity index (χ2v) is 7.90. The molecule has 0 atom stereocenters. The summed E-state index contributed by atoms with van der Waals surface area (Å²) in [5, 5.41) is 12.9. The molecule has 29 heavy (non-hydrogen) atoms. The zero-order chi connectivity index (χ0) is 20.2. The number of rotatable bonds is 7. The lowest BCUT2D eigenvalue weighted by Gasteiger charge is -2.44. The molecule has 3 heterocycles. The van der Waals surface area contributed by atoms with Gasteiger partial charge in [-0.2, -0.15) is 5.26 Å². The summed E-state index contributed by atoms with van der Waals surface area (Å²) in [5.74, 6) is 0.637. The average Bonchev–Trinajstić information content (AvgIpc) is 3.23. The molecule has 2 aromatic rings. The minimum Gasteiger partial charge on any atom is -0.383 e. The number of nitrogens with one attached hydrogen (secondary N) is 2. The SMILES string of the molecule is COCCN1CN(C2CCC(CNCC#N)CC2)c2c(cnc3[nH]ccc23)C1=O. The number of hydrogen-bond acceptors (Lipinski definition) is 6. The van der Waals surface area contributed by atoms with Crippen molar-refractivity contribution < 1.29 is 9.53 Å². The zero-order valence-corrected chi connectivity index (χ0v) is 16.9. The Morgan fingerprint density at radius 2 is 2.21 bits per heavy atom. The fourth-order valence-corrected chi connectivity index (χ4v) is 4.61. The van der Waals surface area contributed by atoms with E-state index in [4.69, 9.17) is 10.00 Å². The number of anilines is 1. The van der Waals surface area contributed by atoms with Crippen LogP contribution in [0.3, 0.4) is 0 Å². The highest BCUT2D eigenvalue weighted by Gasteiger charge is 2.36. The lowest BCUT2D eigenvalue weighted by atomic mass is 9.84. The highest BCUT2D eigenvalue weighted by molar-refractivity contribution is 6.08. The number of ether oxygens (including phenoxy) is 1. The number of carbonyl (C=O) groups is 1. The van der Waals surface area contributed by atoms with Crippen LogP contribution in [0.5, 0.6) is 0 Å². The number of aromatic nitrogens is 2. The fourth-order valence-electron chi connectivity index (χ4n) is 4.61. The molecule has 0 saturated heterocycles. The second-order valence-electron chi connectivity index (χ2n) is 7.90. The summed E-state index contributed by atoms with van der Waals surface area (Å²) in [4.78, 5) is 25.0. The summed E-state index contributed by atoms with van der Waals surface area (Å²) in [7, 11) is 1.66. The molecule has 2 aliphatic rings. The Labute approximate surface area is 170 Å². The Morgan fingerprint density at radius 3 is 2.97 bits per heavy atom. The zero-order valence-electron chi connectivity index (χ0n) is 16.9. The molecule has 0 spiro atoms. The van der Waals surface area contributed by atoms with E-state index in [9.17, 15) is 4.79 Å². The summed E-state index contributed by atoms with van der Waals surface area (Å²) in [5.41, 5.74) is 2.51. The molecule has 0 unspecified atom stereocenters. The van der Waals surface area contributed by atoms with Gasteiger partial charge in [0, 0.05) is 37.5 Å². The summed E-state index contributed by atoms with van der Waals surface area (Å²) in [6, 6.07) is 4.55. The predicted octanol–water partition coefficient (Wildman–Crippen LogP) is 2.10. The molecule has 1 saturated carbocycles. The number of methoxy groups -OCH3 is 1. The molecule has 2 aromatic heterocycles. The van der Waals surface area contributed by atoms with Gasteiger partial charge in [0.1, 0.15) is 5.65 Å². The molecule has 154 valence electrons. The van der Waals surface area contributed by atoms with Gasteiger partial charge in [-0.1, -0.05) is 0 Å². The first kappa shape index (κ1) is 19.7. The van der Waals surface area contributed by atoms with Gasteiger partial charge in [-0.05, 0) is 44.2 Å². The molecule has 4 rings (SSSR count). The predicted molar refractivity (Wildman–Crippen MR) is 111 cm³/mol. The van der Waals surface area contributed by atoms with E-state index in [-0.39, 0.29) is 5.91 Å². The number of aromatic amines is 1. The van der Waals surface area contributed by atoms with Gasteiger partial charge in [0.05, 0.1) is 37.1 Å². The maximum Gasteiger partial charge on any atom is 0.259 e. The number of H-pyrrole nitrogens is 1. The van der Waals surface area contributed by atoms with Crippen molar-refractivity contribution in [2.24, 2.45) is 5.92 Å². The first-order valence-corrected chi connectivity index (χ1v) is 10.3. The van der Waals surface area contributed by atoms with Crippen LogP contribution in [0, 0.1) is 17.2 Å².